The van der Waals surface area contributed by atoms with E-state index >= 15 is 0 Å². The first-order valence-corrected chi connectivity index (χ1v) is 11.8. The highest BCUT2D eigenvalue weighted by molar-refractivity contribution is 8.15. The van der Waals surface area contributed by atoms with E-state index in [0.717, 1.165) is 23.3 Å². The number of carbonyl (C=O) groups is 2. The fraction of sp³-hybridized carbons (Fsp3) is 0.273. The van der Waals surface area contributed by atoms with E-state index in [1.54, 1.807) is 42.6 Å². The molecule has 4 rings (SSSR count). The van der Waals surface area contributed by atoms with Crippen molar-refractivity contribution < 1.29 is 14.5 Å². The Labute approximate surface area is 197 Å². The van der Waals surface area contributed by atoms with E-state index in [4.69, 9.17) is 0 Å². The van der Waals surface area contributed by atoms with Crippen LogP contribution in [0.15, 0.2) is 52.5 Å². The predicted octanol–water partition coefficient (Wildman–Crippen LogP) is 3.38. The zero-order valence-corrected chi connectivity index (χ0v) is 19.2. The fourth-order valence-corrected chi connectivity index (χ4v) is 5.67. The zero-order chi connectivity index (χ0) is 23.5. The molecule has 1 fully saturated rings. The van der Waals surface area contributed by atoms with Gasteiger partial charge in [0.1, 0.15) is 6.04 Å². The normalized spacial score (nSPS) is 19.4. The molecular formula is C22H19N5O4S2. The Morgan fingerprint density at radius 3 is 2.97 bits per heavy atom. The number of carbonyl (C=O) groups excluding carboxylic acids is 2. The van der Waals surface area contributed by atoms with E-state index in [1.165, 1.54) is 17.8 Å². The van der Waals surface area contributed by atoms with E-state index in [9.17, 15) is 25.0 Å². The van der Waals surface area contributed by atoms with Crippen LogP contribution in [0.1, 0.15) is 36.1 Å². The van der Waals surface area contributed by atoms with Gasteiger partial charge in [-0.15, -0.1) is 0 Å². The Bertz CT molecular complexity index is 1230. The van der Waals surface area contributed by atoms with Gasteiger partial charge in [-0.2, -0.15) is 10.4 Å². The minimum absolute atomic E-state index is 0.00259. The number of thioether (sulfide) groups is 1. The van der Waals surface area contributed by atoms with Crippen LogP contribution in [0.2, 0.25) is 0 Å². The van der Waals surface area contributed by atoms with Gasteiger partial charge in [0.2, 0.25) is 5.12 Å². The van der Waals surface area contributed by atoms with Crippen LogP contribution in [0, 0.1) is 21.4 Å². The molecule has 1 aromatic carbocycles. The van der Waals surface area contributed by atoms with Crippen molar-refractivity contribution in [2.75, 3.05) is 13.1 Å². The lowest BCUT2D eigenvalue weighted by molar-refractivity contribution is -0.380. The minimum atomic E-state index is -0.714. The average Bonchev–Trinajstić information content (AvgIpc) is 3.44. The number of hydrogen-bond acceptors (Lipinski definition) is 9. The van der Waals surface area contributed by atoms with Crippen molar-refractivity contribution in [3.63, 3.8) is 0 Å². The van der Waals surface area contributed by atoms with Gasteiger partial charge in [0.05, 0.1) is 22.3 Å². The number of hydrogen-bond donors (Lipinski definition) is 1. The number of fused-ring (bicyclic) bond motifs is 1. The molecule has 9 nitrogen and oxygen atoms in total. The van der Waals surface area contributed by atoms with Gasteiger partial charge in [-0.1, -0.05) is 35.2 Å². The molecule has 2 atom stereocenters. The van der Waals surface area contributed by atoms with E-state index in [1.807, 2.05) is 4.90 Å². The summed E-state index contributed by atoms with van der Waals surface area (Å²) in [6.45, 7) is 2.74. The number of nitrogens with one attached hydrogen (secondary N) is 1. The van der Waals surface area contributed by atoms with Gasteiger partial charge in [-0.25, -0.2) is 5.43 Å². The highest BCUT2D eigenvalue weighted by Gasteiger charge is 2.36. The summed E-state index contributed by atoms with van der Waals surface area (Å²) in [5.74, 6) is -0.384. The lowest BCUT2D eigenvalue weighted by Crippen LogP contribution is -2.44. The molecule has 3 heterocycles. The molecule has 2 aliphatic rings. The predicted molar refractivity (Wildman–Crippen MR) is 126 cm³/mol. The maximum absolute atomic E-state index is 13.3. The topological polar surface area (TPSA) is 129 Å². The maximum Gasteiger partial charge on any atom is 0.324 e. The number of amides is 1. The van der Waals surface area contributed by atoms with E-state index in [2.05, 4.69) is 16.6 Å². The van der Waals surface area contributed by atoms with Crippen LogP contribution in [0.3, 0.4) is 0 Å². The molecule has 1 N–H and O–H groups in total. The summed E-state index contributed by atoms with van der Waals surface area (Å²) in [6, 6.07) is 9.67. The summed E-state index contributed by atoms with van der Waals surface area (Å²) in [5.41, 5.74) is 5.68. The molecule has 1 aromatic heterocycles. The number of nitriles is 1. The second-order valence-electron chi connectivity index (χ2n) is 7.65. The third-order valence-corrected chi connectivity index (χ3v) is 7.55. The van der Waals surface area contributed by atoms with Crippen molar-refractivity contribution in [1.29, 1.82) is 5.26 Å². The van der Waals surface area contributed by atoms with E-state index in [-0.39, 0.29) is 21.3 Å². The quantitative estimate of drug-likeness (QED) is 0.380. The molecule has 0 radical (unpaired) electrons. The van der Waals surface area contributed by atoms with Crippen molar-refractivity contribution in [3.05, 3.63) is 74.2 Å². The Morgan fingerprint density at radius 2 is 2.24 bits per heavy atom. The van der Waals surface area contributed by atoms with Crippen molar-refractivity contribution in [2.45, 2.75) is 24.6 Å². The number of nitro groups is 1. The minimum Gasteiger partial charge on any atom is -0.284 e. The van der Waals surface area contributed by atoms with Crippen molar-refractivity contribution in [1.82, 2.24) is 10.3 Å². The van der Waals surface area contributed by atoms with Crippen LogP contribution in [-0.2, 0) is 9.59 Å². The summed E-state index contributed by atoms with van der Waals surface area (Å²) < 4.78 is 0. The van der Waals surface area contributed by atoms with Crippen LogP contribution in [-0.4, -0.2) is 44.9 Å². The number of benzene rings is 1. The standard InChI is InChI=1S/C22H19N5O4S2/c1-13(17-8-19(27(30)31)32-12-17)24-25-22(29)21(15-4-2-3-14(7-15)10-23)26-6-5-18-16(11-26)9-20(28)33-18/h2-4,7-9,12,18,21H,5-6,11H2,1H3,(H,25,29)/b24-13+. The summed E-state index contributed by atoms with van der Waals surface area (Å²) in [5, 5.41) is 26.2. The number of likely N-dealkylation sites (tertiary alicyclic amines) is 1. The smallest absolute Gasteiger partial charge is 0.284 e. The van der Waals surface area contributed by atoms with Crippen molar-refractivity contribution in [3.8, 4) is 6.07 Å². The summed E-state index contributed by atoms with van der Waals surface area (Å²) >= 11 is 2.31. The first kappa shape index (κ1) is 22.8. The molecule has 1 amide bonds. The van der Waals surface area contributed by atoms with Crippen molar-refractivity contribution in [2.24, 2.45) is 5.10 Å². The second-order valence-corrected chi connectivity index (χ2v) is 9.74. The maximum atomic E-state index is 13.3. The van der Waals surface area contributed by atoms with Crippen LogP contribution in [0.4, 0.5) is 5.00 Å². The molecule has 2 unspecified atom stereocenters. The van der Waals surface area contributed by atoms with Crippen LogP contribution < -0.4 is 5.43 Å². The first-order valence-electron chi connectivity index (χ1n) is 10.1. The number of thiophene rings is 1. The monoisotopic (exact) mass is 481 g/mol. The van der Waals surface area contributed by atoms with Gasteiger partial charge >= 0.3 is 5.00 Å². The molecule has 0 aliphatic carbocycles. The Balaban J connectivity index is 1.59. The molecule has 11 heteroatoms. The van der Waals surface area contributed by atoms with Gasteiger partial charge in [-0.05, 0) is 42.7 Å². The molecule has 0 saturated carbocycles. The molecule has 2 aliphatic heterocycles. The average molecular weight is 482 g/mol. The molecule has 0 spiro atoms. The summed E-state index contributed by atoms with van der Waals surface area (Å²) in [6.07, 6.45) is 2.39. The Kier molecular flexibility index (Phi) is 6.69. The van der Waals surface area contributed by atoms with Crippen molar-refractivity contribution >= 4 is 44.8 Å². The molecular weight excluding hydrogens is 462 g/mol. The van der Waals surface area contributed by atoms with Crippen LogP contribution in [0.25, 0.3) is 0 Å². The lowest BCUT2D eigenvalue weighted by Gasteiger charge is -2.36. The first-order chi connectivity index (χ1) is 15.9. The van der Waals surface area contributed by atoms with Crippen LogP contribution in [0.5, 0.6) is 0 Å². The fourth-order valence-electron chi connectivity index (χ4n) is 3.88. The molecule has 1 saturated heterocycles. The SMILES string of the molecule is C/C(=N\NC(=O)C(c1cccc(C#N)c1)N1CCC2SC(=O)C=C2C1)c1csc([N+](=O)[O-])c1. The molecule has 168 valence electrons. The Morgan fingerprint density at radius 1 is 1.42 bits per heavy atom. The summed E-state index contributed by atoms with van der Waals surface area (Å²) in [7, 11) is 0. The van der Waals surface area contributed by atoms with Gasteiger partial charge < -0.3 is 0 Å². The van der Waals surface area contributed by atoms with E-state index in [0.29, 0.717) is 35.5 Å². The third kappa shape index (κ3) is 5.03. The van der Waals surface area contributed by atoms with Gasteiger partial charge in [-0.3, -0.25) is 24.6 Å². The van der Waals surface area contributed by atoms with Crippen LogP contribution >= 0.6 is 23.1 Å². The largest absolute Gasteiger partial charge is 0.324 e. The third-order valence-electron chi connectivity index (χ3n) is 5.50. The molecule has 2 aromatic rings. The number of hydrazone groups is 1. The zero-order valence-electron chi connectivity index (χ0n) is 17.6. The van der Waals surface area contributed by atoms with Gasteiger partial charge in [0, 0.05) is 35.3 Å². The number of nitrogens with zero attached hydrogens (tertiary/aromatic N) is 4. The van der Waals surface area contributed by atoms with Gasteiger partial charge in [0.15, 0.2) is 0 Å². The second kappa shape index (κ2) is 9.66. The number of piperidine rings is 1. The Hall–Kier alpha value is -3.33. The molecule has 0 bridgehead atoms. The number of rotatable bonds is 6. The molecule has 33 heavy (non-hydrogen) atoms. The summed E-state index contributed by atoms with van der Waals surface area (Å²) in [4.78, 5) is 37.6. The highest BCUT2D eigenvalue weighted by atomic mass is 32.2. The van der Waals surface area contributed by atoms with E-state index < -0.39 is 11.0 Å². The van der Waals surface area contributed by atoms with Gasteiger partial charge in [0.25, 0.3) is 5.91 Å². The lowest BCUT2D eigenvalue weighted by atomic mass is 9.97. The highest BCUT2D eigenvalue weighted by Crippen LogP contribution is 2.37.